The molecule has 0 bridgehead atoms. The SMILES string of the molecule is CC(C)(C)NC(=O)C(c1ccccc1Br)N1CC(=O)n2c(cc3ccccc32)C1=O. The fourth-order valence-corrected chi connectivity index (χ4v) is 4.31. The van der Waals surface area contributed by atoms with Gasteiger partial charge in [0.25, 0.3) is 11.8 Å². The van der Waals surface area contributed by atoms with E-state index < -0.39 is 11.6 Å². The van der Waals surface area contributed by atoms with Crippen molar-refractivity contribution in [3.05, 3.63) is 70.3 Å². The molecule has 2 aromatic carbocycles. The number of nitrogens with zero attached hydrogens (tertiary/aromatic N) is 2. The van der Waals surface area contributed by atoms with E-state index in [2.05, 4.69) is 21.2 Å². The normalized spacial score (nSPS) is 15.3. The van der Waals surface area contributed by atoms with Crippen LogP contribution in [0.15, 0.2) is 59.1 Å². The van der Waals surface area contributed by atoms with E-state index in [0.717, 1.165) is 5.39 Å². The largest absolute Gasteiger partial charge is 0.349 e. The van der Waals surface area contributed by atoms with Gasteiger partial charge in [-0.05, 0) is 44.5 Å². The van der Waals surface area contributed by atoms with E-state index in [1.54, 1.807) is 12.1 Å². The second kappa shape index (κ2) is 7.40. The highest BCUT2D eigenvalue weighted by atomic mass is 79.9. The third-order valence-corrected chi connectivity index (χ3v) is 5.73. The third kappa shape index (κ3) is 3.54. The van der Waals surface area contributed by atoms with Crippen molar-refractivity contribution in [2.45, 2.75) is 32.4 Å². The van der Waals surface area contributed by atoms with Gasteiger partial charge < -0.3 is 10.2 Å². The van der Waals surface area contributed by atoms with Gasteiger partial charge in [-0.1, -0.05) is 52.3 Å². The topological polar surface area (TPSA) is 71.4 Å². The summed E-state index contributed by atoms with van der Waals surface area (Å²) in [7, 11) is 0. The Balaban J connectivity index is 1.83. The molecule has 30 heavy (non-hydrogen) atoms. The van der Waals surface area contributed by atoms with Crippen molar-refractivity contribution in [2.24, 2.45) is 0 Å². The number of hydrogen-bond donors (Lipinski definition) is 1. The van der Waals surface area contributed by atoms with Gasteiger partial charge in [0.15, 0.2) is 0 Å². The Hall–Kier alpha value is -2.93. The molecule has 0 spiro atoms. The lowest BCUT2D eigenvalue weighted by atomic mass is 10.0. The van der Waals surface area contributed by atoms with E-state index in [1.165, 1.54) is 9.47 Å². The van der Waals surface area contributed by atoms with Gasteiger partial charge in [-0.15, -0.1) is 0 Å². The molecular weight excluding hydrogens is 446 g/mol. The molecule has 1 atom stereocenters. The molecule has 7 heteroatoms. The van der Waals surface area contributed by atoms with Gasteiger partial charge in [-0.25, -0.2) is 0 Å². The Morgan fingerprint density at radius 1 is 1.07 bits per heavy atom. The van der Waals surface area contributed by atoms with E-state index in [0.29, 0.717) is 15.6 Å². The average molecular weight is 468 g/mol. The molecule has 154 valence electrons. The Morgan fingerprint density at radius 3 is 2.43 bits per heavy atom. The van der Waals surface area contributed by atoms with Crippen molar-refractivity contribution in [2.75, 3.05) is 6.54 Å². The molecule has 3 aromatic rings. The third-order valence-electron chi connectivity index (χ3n) is 5.00. The first-order valence-electron chi connectivity index (χ1n) is 9.68. The van der Waals surface area contributed by atoms with Crippen molar-refractivity contribution in [1.29, 1.82) is 0 Å². The molecule has 4 rings (SSSR count). The van der Waals surface area contributed by atoms with Gasteiger partial charge in [0.05, 0.1) is 5.52 Å². The number of aromatic nitrogens is 1. The molecule has 2 heterocycles. The van der Waals surface area contributed by atoms with Crippen LogP contribution in [0.2, 0.25) is 0 Å². The summed E-state index contributed by atoms with van der Waals surface area (Å²) in [5, 5.41) is 3.77. The van der Waals surface area contributed by atoms with Crippen LogP contribution in [0, 0.1) is 0 Å². The summed E-state index contributed by atoms with van der Waals surface area (Å²) in [4.78, 5) is 41.2. The molecule has 1 aliphatic heterocycles. The Labute approximate surface area is 183 Å². The number of amides is 2. The van der Waals surface area contributed by atoms with E-state index in [9.17, 15) is 14.4 Å². The Kier molecular flexibility index (Phi) is 5.02. The van der Waals surface area contributed by atoms with Crippen molar-refractivity contribution in [3.63, 3.8) is 0 Å². The smallest absolute Gasteiger partial charge is 0.272 e. The molecule has 6 nitrogen and oxygen atoms in total. The highest BCUT2D eigenvalue weighted by Gasteiger charge is 2.40. The Bertz CT molecular complexity index is 1180. The maximum atomic E-state index is 13.5. The number of benzene rings is 2. The van der Waals surface area contributed by atoms with E-state index in [1.807, 2.05) is 63.2 Å². The number of carbonyl (C=O) groups is 3. The van der Waals surface area contributed by atoms with E-state index >= 15 is 0 Å². The van der Waals surface area contributed by atoms with Gasteiger partial charge in [-0.3, -0.25) is 19.0 Å². The minimum atomic E-state index is -0.942. The summed E-state index contributed by atoms with van der Waals surface area (Å²) in [6, 6.07) is 15.4. The molecule has 1 N–H and O–H groups in total. The zero-order chi connectivity index (χ0) is 21.6. The van der Waals surface area contributed by atoms with Crippen LogP contribution in [0.4, 0.5) is 0 Å². The number of nitrogens with one attached hydrogen (secondary N) is 1. The highest BCUT2D eigenvalue weighted by molar-refractivity contribution is 9.10. The van der Waals surface area contributed by atoms with E-state index in [4.69, 9.17) is 0 Å². The van der Waals surface area contributed by atoms with Crippen LogP contribution >= 0.6 is 15.9 Å². The molecule has 0 fully saturated rings. The van der Waals surface area contributed by atoms with Crippen LogP contribution in [0.25, 0.3) is 10.9 Å². The summed E-state index contributed by atoms with van der Waals surface area (Å²) < 4.78 is 2.15. The molecule has 0 radical (unpaired) electrons. The Morgan fingerprint density at radius 2 is 1.73 bits per heavy atom. The van der Waals surface area contributed by atoms with Crippen LogP contribution in [-0.2, 0) is 4.79 Å². The predicted molar refractivity (Wildman–Crippen MR) is 118 cm³/mol. The molecule has 0 saturated carbocycles. The lowest BCUT2D eigenvalue weighted by Crippen LogP contribution is -2.53. The molecule has 1 aromatic heterocycles. The molecule has 0 aliphatic carbocycles. The van der Waals surface area contributed by atoms with Gasteiger partial charge in [0, 0.05) is 15.4 Å². The fraction of sp³-hybridized carbons (Fsp3) is 0.261. The maximum Gasteiger partial charge on any atom is 0.272 e. The van der Waals surface area contributed by atoms with Crippen LogP contribution < -0.4 is 5.32 Å². The second-order valence-electron chi connectivity index (χ2n) is 8.41. The highest BCUT2D eigenvalue weighted by Crippen LogP contribution is 2.33. The van der Waals surface area contributed by atoms with Gasteiger partial charge in [0.2, 0.25) is 5.91 Å². The quantitative estimate of drug-likeness (QED) is 0.628. The van der Waals surface area contributed by atoms with Crippen molar-refractivity contribution >= 4 is 44.6 Å². The molecule has 1 aliphatic rings. The van der Waals surface area contributed by atoms with Crippen LogP contribution in [0.3, 0.4) is 0 Å². The number of hydrogen-bond acceptors (Lipinski definition) is 3. The molecule has 2 amide bonds. The summed E-state index contributed by atoms with van der Waals surface area (Å²) >= 11 is 3.50. The first kappa shape index (κ1) is 20.3. The van der Waals surface area contributed by atoms with Gasteiger partial charge >= 0.3 is 0 Å². The van der Waals surface area contributed by atoms with Crippen LogP contribution in [0.1, 0.15) is 47.7 Å². The molecule has 0 saturated heterocycles. The standard InChI is InChI=1S/C23H22BrN3O3/c1-23(2,3)25-21(29)20(15-9-5-6-10-16(15)24)26-13-19(28)27-17-11-7-4-8-14(17)12-18(27)22(26)30/h4-12,20H,13H2,1-3H3,(H,25,29). The lowest BCUT2D eigenvalue weighted by Gasteiger charge is -2.36. The van der Waals surface area contributed by atoms with Crippen molar-refractivity contribution in [1.82, 2.24) is 14.8 Å². The fourth-order valence-electron chi connectivity index (χ4n) is 3.81. The first-order chi connectivity index (χ1) is 14.2. The summed E-state index contributed by atoms with van der Waals surface area (Å²) in [6.07, 6.45) is 0. The summed E-state index contributed by atoms with van der Waals surface area (Å²) in [5.41, 5.74) is 1.11. The van der Waals surface area contributed by atoms with Gasteiger partial charge in [0.1, 0.15) is 18.3 Å². The molecule has 1 unspecified atom stereocenters. The van der Waals surface area contributed by atoms with Crippen molar-refractivity contribution < 1.29 is 14.4 Å². The van der Waals surface area contributed by atoms with Gasteiger partial charge in [-0.2, -0.15) is 0 Å². The van der Waals surface area contributed by atoms with E-state index in [-0.39, 0.29) is 30.0 Å². The number of para-hydroxylation sites is 1. The monoisotopic (exact) mass is 467 g/mol. The minimum Gasteiger partial charge on any atom is -0.349 e. The summed E-state index contributed by atoms with van der Waals surface area (Å²) in [6.45, 7) is 5.45. The predicted octanol–water partition coefficient (Wildman–Crippen LogP) is 4.16. The maximum absolute atomic E-state index is 13.5. The zero-order valence-electron chi connectivity index (χ0n) is 17.0. The van der Waals surface area contributed by atoms with Crippen LogP contribution in [-0.4, -0.2) is 39.3 Å². The zero-order valence-corrected chi connectivity index (χ0v) is 18.6. The summed E-state index contributed by atoms with van der Waals surface area (Å²) in [5.74, 6) is -0.929. The molecular formula is C23H22BrN3O3. The van der Waals surface area contributed by atoms with Crippen molar-refractivity contribution in [3.8, 4) is 0 Å². The van der Waals surface area contributed by atoms with Crippen LogP contribution in [0.5, 0.6) is 0 Å². The number of fused-ring (bicyclic) bond motifs is 3. The lowest BCUT2D eigenvalue weighted by molar-refractivity contribution is -0.127. The number of halogens is 1. The minimum absolute atomic E-state index is 0.186. The number of rotatable bonds is 3. The second-order valence-corrected chi connectivity index (χ2v) is 9.27. The average Bonchev–Trinajstić information content (AvgIpc) is 3.06. The number of carbonyl (C=O) groups excluding carboxylic acids is 3. The first-order valence-corrected chi connectivity index (χ1v) is 10.5.